The van der Waals surface area contributed by atoms with E-state index in [0.717, 1.165) is 6.54 Å². The second-order valence-electron chi connectivity index (χ2n) is 6.04. The molecule has 0 radical (unpaired) electrons. The molecule has 0 amide bonds. The van der Waals surface area contributed by atoms with E-state index >= 15 is 0 Å². The quantitative estimate of drug-likeness (QED) is 0.909. The molecule has 1 aliphatic rings. The maximum Gasteiger partial charge on any atom is 0.0565 e. The molecular weight excluding hydrogens is 308 g/mol. The second-order valence-corrected chi connectivity index (χ2v) is 8.18. The van der Waals surface area contributed by atoms with Gasteiger partial charge in [0.25, 0.3) is 0 Å². The number of halogens is 1. The molecule has 0 bridgehead atoms. The summed E-state index contributed by atoms with van der Waals surface area (Å²) in [5.41, 5.74) is 6.46. The maximum absolute atomic E-state index is 6.03. The third-order valence-corrected chi connectivity index (χ3v) is 6.04. The van der Waals surface area contributed by atoms with Crippen molar-refractivity contribution in [3.8, 4) is 0 Å². The van der Waals surface area contributed by atoms with Gasteiger partial charge < -0.3 is 5.73 Å². The van der Waals surface area contributed by atoms with Gasteiger partial charge in [0.15, 0.2) is 0 Å². The molecule has 0 spiro atoms. The molecule has 18 heavy (non-hydrogen) atoms. The monoisotopic (exact) mass is 330 g/mol. The third-order valence-electron chi connectivity index (χ3n) is 3.80. The Morgan fingerprint density at radius 3 is 2.78 bits per heavy atom. The summed E-state index contributed by atoms with van der Waals surface area (Å²) >= 11 is 5.48. The molecule has 1 aromatic heterocycles. The summed E-state index contributed by atoms with van der Waals surface area (Å²) in [6.45, 7) is 9.93. The molecular formula is C14H23BrN2S. The molecule has 1 aromatic rings. The van der Waals surface area contributed by atoms with Gasteiger partial charge in [-0.1, -0.05) is 13.8 Å². The zero-order chi connectivity index (χ0) is 13.3. The summed E-state index contributed by atoms with van der Waals surface area (Å²) in [7, 11) is 0. The van der Waals surface area contributed by atoms with Crippen LogP contribution in [0.4, 0.5) is 0 Å². The van der Waals surface area contributed by atoms with Crippen LogP contribution in [0.1, 0.15) is 42.5 Å². The van der Waals surface area contributed by atoms with Gasteiger partial charge in [0.1, 0.15) is 0 Å². The van der Waals surface area contributed by atoms with Gasteiger partial charge in [0, 0.05) is 27.3 Å². The molecule has 2 heterocycles. The molecule has 1 unspecified atom stereocenters. The summed E-state index contributed by atoms with van der Waals surface area (Å²) in [5, 5.41) is 0. The van der Waals surface area contributed by atoms with Crippen molar-refractivity contribution in [1.82, 2.24) is 4.90 Å². The molecule has 2 rings (SSSR count). The molecule has 102 valence electrons. The number of thiophene rings is 1. The Hall–Kier alpha value is 0.100. The average molecular weight is 331 g/mol. The van der Waals surface area contributed by atoms with E-state index in [1.807, 2.05) is 11.3 Å². The molecule has 4 heteroatoms. The van der Waals surface area contributed by atoms with Crippen LogP contribution in [0.15, 0.2) is 10.5 Å². The summed E-state index contributed by atoms with van der Waals surface area (Å²) in [5.74, 6) is 0. The Labute approximate surface area is 123 Å². The lowest BCUT2D eigenvalue weighted by molar-refractivity contribution is 0.0820. The fourth-order valence-corrected chi connectivity index (χ4v) is 4.53. The van der Waals surface area contributed by atoms with Crippen LogP contribution in [0.2, 0.25) is 0 Å². The van der Waals surface area contributed by atoms with Crippen LogP contribution in [0.25, 0.3) is 0 Å². The minimum Gasteiger partial charge on any atom is -0.329 e. The number of rotatable bonds is 3. The third kappa shape index (κ3) is 3.16. The maximum atomic E-state index is 6.03. The molecule has 2 nitrogen and oxygen atoms in total. The summed E-state index contributed by atoms with van der Waals surface area (Å²) in [6, 6.07) is 2.64. The summed E-state index contributed by atoms with van der Waals surface area (Å²) in [6.07, 6.45) is 2.61. The van der Waals surface area contributed by atoms with Gasteiger partial charge in [-0.25, -0.2) is 0 Å². The van der Waals surface area contributed by atoms with Crippen molar-refractivity contribution in [3.63, 3.8) is 0 Å². The Bertz CT molecular complexity index is 394. The molecule has 0 aromatic carbocycles. The van der Waals surface area contributed by atoms with Gasteiger partial charge in [-0.05, 0) is 53.7 Å². The number of nitrogens with zero attached hydrogens (tertiary/aromatic N) is 1. The molecule has 1 atom stereocenters. The molecule has 0 aliphatic carbocycles. The summed E-state index contributed by atoms with van der Waals surface area (Å²) in [4.78, 5) is 5.32. The minimum atomic E-state index is 0.388. The molecule has 2 N–H and O–H groups in total. The standard InChI is InChI=1S/C14H23BrN2S/c1-10-11(15)7-13(18-10)12(8-16)17-6-4-5-14(2,3)9-17/h7,12H,4-6,8-9,16H2,1-3H3. The normalized spacial score (nSPS) is 22.1. The van der Waals surface area contributed by atoms with Gasteiger partial charge in [-0.15, -0.1) is 11.3 Å². The van der Waals surface area contributed by atoms with Crippen LogP contribution in [0, 0.1) is 12.3 Å². The first-order valence-corrected chi connectivity index (χ1v) is 8.24. The number of piperidine rings is 1. The number of hydrogen-bond donors (Lipinski definition) is 1. The first-order chi connectivity index (χ1) is 8.43. The molecule has 1 saturated heterocycles. The van der Waals surface area contributed by atoms with E-state index < -0.39 is 0 Å². The molecule has 0 saturated carbocycles. The first-order valence-electron chi connectivity index (χ1n) is 6.63. The Morgan fingerprint density at radius 2 is 2.28 bits per heavy atom. The number of likely N-dealkylation sites (tertiary alicyclic amines) is 1. The van der Waals surface area contributed by atoms with Crippen molar-refractivity contribution in [3.05, 3.63) is 20.3 Å². The first kappa shape index (κ1) is 14.5. The van der Waals surface area contributed by atoms with Crippen molar-refractivity contribution in [2.24, 2.45) is 11.1 Å². The van der Waals surface area contributed by atoms with E-state index in [1.54, 1.807) is 0 Å². The predicted octanol–water partition coefficient (Wildman–Crippen LogP) is 3.94. The number of aryl methyl sites for hydroxylation is 1. The Kier molecular flexibility index (Phi) is 4.52. The van der Waals surface area contributed by atoms with E-state index in [4.69, 9.17) is 5.73 Å². The van der Waals surface area contributed by atoms with Crippen LogP contribution < -0.4 is 5.73 Å². The van der Waals surface area contributed by atoms with Crippen LogP contribution in [-0.4, -0.2) is 24.5 Å². The zero-order valence-electron chi connectivity index (χ0n) is 11.5. The Balaban J connectivity index is 2.18. The predicted molar refractivity (Wildman–Crippen MR) is 83.1 cm³/mol. The lowest BCUT2D eigenvalue weighted by Crippen LogP contribution is -2.44. The van der Waals surface area contributed by atoms with Gasteiger partial charge in [0.05, 0.1) is 6.04 Å². The average Bonchev–Trinajstić information content (AvgIpc) is 2.58. The molecule has 1 fully saturated rings. The van der Waals surface area contributed by atoms with Crippen LogP contribution >= 0.6 is 27.3 Å². The van der Waals surface area contributed by atoms with Crippen molar-refractivity contribution in [1.29, 1.82) is 0 Å². The largest absolute Gasteiger partial charge is 0.329 e. The van der Waals surface area contributed by atoms with E-state index in [1.165, 1.54) is 33.6 Å². The highest BCUT2D eigenvalue weighted by Crippen LogP contribution is 2.37. The fraction of sp³-hybridized carbons (Fsp3) is 0.714. The van der Waals surface area contributed by atoms with Crippen LogP contribution in [0.5, 0.6) is 0 Å². The lowest BCUT2D eigenvalue weighted by atomic mass is 9.83. The van der Waals surface area contributed by atoms with Crippen LogP contribution in [-0.2, 0) is 0 Å². The summed E-state index contributed by atoms with van der Waals surface area (Å²) < 4.78 is 1.22. The van der Waals surface area contributed by atoms with Gasteiger partial charge >= 0.3 is 0 Å². The van der Waals surface area contributed by atoms with Gasteiger partial charge in [0.2, 0.25) is 0 Å². The van der Waals surface area contributed by atoms with E-state index in [2.05, 4.69) is 47.7 Å². The van der Waals surface area contributed by atoms with Crippen molar-refractivity contribution in [2.75, 3.05) is 19.6 Å². The zero-order valence-corrected chi connectivity index (χ0v) is 13.9. The van der Waals surface area contributed by atoms with Crippen molar-refractivity contribution < 1.29 is 0 Å². The van der Waals surface area contributed by atoms with Crippen molar-refractivity contribution >= 4 is 27.3 Å². The second kappa shape index (κ2) is 5.61. The van der Waals surface area contributed by atoms with E-state index in [-0.39, 0.29) is 0 Å². The highest BCUT2D eigenvalue weighted by Gasteiger charge is 2.31. The number of hydrogen-bond acceptors (Lipinski definition) is 3. The number of nitrogens with two attached hydrogens (primary N) is 1. The van der Waals surface area contributed by atoms with Crippen LogP contribution in [0.3, 0.4) is 0 Å². The molecule has 1 aliphatic heterocycles. The van der Waals surface area contributed by atoms with Gasteiger partial charge in [-0.2, -0.15) is 0 Å². The van der Waals surface area contributed by atoms with E-state index in [9.17, 15) is 0 Å². The topological polar surface area (TPSA) is 29.3 Å². The van der Waals surface area contributed by atoms with E-state index in [0.29, 0.717) is 18.0 Å². The van der Waals surface area contributed by atoms with Gasteiger partial charge in [-0.3, -0.25) is 4.90 Å². The lowest BCUT2D eigenvalue weighted by Gasteiger charge is -2.41. The highest BCUT2D eigenvalue weighted by molar-refractivity contribution is 9.10. The smallest absolute Gasteiger partial charge is 0.0565 e. The Morgan fingerprint density at radius 1 is 1.56 bits per heavy atom. The fourth-order valence-electron chi connectivity index (χ4n) is 2.83. The highest BCUT2D eigenvalue weighted by atomic mass is 79.9. The SMILES string of the molecule is Cc1sc(C(CN)N2CCCC(C)(C)C2)cc1Br. The minimum absolute atomic E-state index is 0.388. The van der Waals surface area contributed by atoms with Crippen molar-refractivity contribution in [2.45, 2.75) is 39.7 Å².